The normalized spacial score (nSPS) is 43.2. The van der Waals surface area contributed by atoms with E-state index < -0.39 is 0 Å². The van der Waals surface area contributed by atoms with Gasteiger partial charge in [-0.05, 0) is 18.8 Å². The van der Waals surface area contributed by atoms with Gasteiger partial charge in [-0.3, -0.25) is 4.79 Å². The summed E-state index contributed by atoms with van der Waals surface area (Å²) in [6.07, 6.45) is 1.29. The van der Waals surface area contributed by atoms with Crippen molar-refractivity contribution >= 4 is 5.91 Å². The lowest BCUT2D eigenvalue weighted by atomic mass is 10.2. The molecule has 2 rings (SSSR count). The minimum absolute atomic E-state index is 0.0471. The van der Waals surface area contributed by atoms with E-state index in [2.05, 4.69) is 17.6 Å². The van der Waals surface area contributed by atoms with Crippen LogP contribution in [0, 0.1) is 5.92 Å². The summed E-state index contributed by atoms with van der Waals surface area (Å²) >= 11 is 0. The molecule has 1 aliphatic carbocycles. The van der Waals surface area contributed by atoms with Gasteiger partial charge in [0.1, 0.15) is 0 Å². The molecular formula is C9H16N2O2. The standard InChI is InChI=1S/C9H16N2O2/c1-5-2-7(5)11-9(13)8-3-6(12)4-10-8/h5-8,10,12H,2-4H2,1H3,(H,11,13). The van der Waals surface area contributed by atoms with Crippen LogP contribution in [-0.4, -0.2) is 35.7 Å². The second-order valence-corrected chi connectivity index (χ2v) is 4.18. The van der Waals surface area contributed by atoms with Gasteiger partial charge < -0.3 is 15.7 Å². The fraction of sp³-hybridized carbons (Fsp3) is 0.889. The molecule has 1 heterocycles. The molecule has 2 aliphatic rings. The third-order valence-corrected chi connectivity index (χ3v) is 2.86. The van der Waals surface area contributed by atoms with E-state index in [0.29, 0.717) is 24.9 Å². The second kappa shape index (κ2) is 3.27. The summed E-state index contributed by atoms with van der Waals surface area (Å²) in [7, 11) is 0. The zero-order valence-electron chi connectivity index (χ0n) is 7.79. The predicted molar refractivity (Wildman–Crippen MR) is 48.1 cm³/mol. The van der Waals surface area contributed by atoms with E-state index in [-0.39, 0.29) is 18.1 Å². The van der Waals surface area contributed by atoms with Gasteiger partial charge >= 0.3 is 0 Å². The number of carbonyl (C=O) groups is 1. The van der Waals surface area contributed by atoms with Crippen molar-refractivity contribution < 1.29 is 9.90 Å². The monoisotopic (exact) mass is 184 g/mol. The van der Waals surface area contributed by atoms with E-state index >= 15 is 0 Å². The van der Waals surface area contributed by atoms with E-state index in [9.17, 15) is 9.90 Å². The molecule has 0 aromatic heterocycles. The van der Waals surface area contributed by atoms with E-state index in [1.807, 2.05) is 0 Å². The van der Waals surface area contributed by atoms with Gasteiger partial charge in [-0.1, -0.05) is 6.92 Å². The first-order chi connectivity index (χ1) is 6.16. The van der Waals surface area contributed by atoms with E-state index in [0.717, 1.165) is 6.42 Å². The summed E-state index contributed by atoms with van der Waals surface area (Å²) in [4.78, 5) is 11.5. The number of aliphatic hydroxyl groups is 1. The molecule has 0 aromatic carbocycles. The van der Waals surface area contributed by atoms with Crippen molar-refractivity contribution in [2.45, 2.75) is 38.0 Å². The summed E-state index contributed by atoms with van der Waals surface area (Å²) in [5.74, 6) is 0.682. The number of β-amino-alcohol motifs (C(OH)–C–C–N with tert-alkyl or cyclic N) is 1. The molecule has 4 unspecified atom stereocenters. The van der Waals surface area contributed by atoms with Crippen LogP contribution in [0.2, 0.25) is 0 Å². The maximum absolute atomic E-state index is 11.5. The fourth-order valence-electron chi connectivity index (χ4n) is 1.72. The Hall–Kier alpha value is -0.610. The third kappa shape index (κ3) is 2.00. The smallest absolute Gasteiger partial charge is 0.237 e. The highest BCUT2D eigenvalue weighted by molar-refractivity contribution is 5.82. The first-order valence-corrected chi connectivity index (χ1v) is 4.88. The topological polar surface area (TPSA) is 61.4 Å². The molecule has 4 atom stereocenters. The third-order valence-electron chi connectivity index (χ3n) is 2.86. The Kier molecular flexibility index (Phi) is 2.26. The Labute approximate surface area is 77.7 Å². The molecule has 1 saturated carbocycles. The van der Waals surface area contributed by atoms with Gasteiger partial charge in [0.05, 0.1) is 12.1 Å². The van der Waals surface area contributed by atoms with Crippen molar-refractivity contribution in [2.24, 2.45) is 5.92 Å². The van der Waals surface area contributed by atoms with Crippen LogP contribution in [-0.2, 0) is 4.79 Å². The number of hydrogen-bond donors (Lipinski definition) is 3. The molecule has 0 radical (unpaired) electrons. The van der Waals surface area contributed by atoms with Crippen LogP contribution in [0.5, 0.6) is 0 Å². The summed E-state index contributed by atoms with van der Waals surface area (Å²) in [5, 5.41) is 15.2. The highest BCUT2D eigenvalue weighted by Crippen LogP contribution is 2.29. The Bertz CT molecular complexity index is 220. The minimum Gasteiger partial charge on any atom is -0.392 e. The van der Waals surface area contributed by atoms with Crippen LogP contribution in [0.25, 0.3) is 0 Å². The molecule has 2 fully saturated rings. The lowest BCUT2D eigenvalue weighted by molar-refractivity contribution is -0.123. The molecule has 3 N–H and O–H groups in total. The van der Waals surface area contributed by atoms with Crippen molar-refractivity contribution in [3.8, 4) is 0 Å². The Morgan fingerprint density at radius 3 is 2.69 bits per heavy atom. The maximum Gasteiger partial charge on any atom is 0.237 e. The van der Waals surface area contributed by atoms with Crippen molar-refractivity contribution in [3.63, 3.8) is 0 Å². The van der Waals surface area contributed by atoms with Crippen LogP contribution in [0.15, 0.2) is 0 Å². The van der Waals surface area contributed by atoms with Gasteiger partial charge in [0.2, 0.25) is 5.91 Å². The Morgan fingerprint density at radius 2 is 2.23 bits per heavy atom. The highest BCUT2D eigenvalue weighted by atomic mass is 16.3. The van der Waals surface area contributed by atoms with Gasteiger partial charge in [-0.25, -0.2) is 0 Å². The van der Waals surface area contributed by atoms with Crippen LogP contribution in [0.3, 0.4) is 0 Å². The minimum atomic E-state index is -0.354. The average molecular weight is 184 g/mol. The molecule has 1 aliphatic heterocycles. The molecular weight excluding hydrogens is 168 g/mol. The largest absolute Gasteiger partial charge is 0.392 e. The number of hydrogen-bond acceptors (Lipinski definition) is 3. The molecule has 13 heavy (non-hydrogen) atoms. The molecule has 0 spiro atoms. The highest BCUT2D eigenvalue weighted by Gasteiger charge is 2.37. The van der Waals surface area contributed by atoms with Gasteiger partial charge in [-0.2, -0.15) is 0 Å². The SMILES string of the molecule is CC1CC1NC(=O)C1CC(O)CN1. The number of carbonyl (C=O) groups excluding carboxylic acids is 1. The van der Waals surface area contributed by atoms with Crippen molar-refractivity contribution in [2.75, 3.05) is 6.54 Å². The quantitative estimate of drug-likeness (QED) is 0.528. The predicted octanol–water partition coefficient (Wildman–Crippen LogP) is -0.766. The number of amides is 1. The lowest BCUT2D eigenvalue weighted by Crippen LogP contribution is -2.41. The summed E-state index contributed by atoms with van der Waals surface area (Å²) < 4.78 is 0. The van der Waals surface area contributed by atoms with Gasteiger partial charge in [0.15, 0.2) is 0 Å². The Morgan fingerprint density at radius 1 is 1.54 bits per heavy atom. The zero-order valence-corrected chi connectivity index (χ0v) is 7.79. The van der Waals surface area contributed by atoms with Crippen LogP contribution in [0.4, 0.5) is 0 Å². The second-order valence-electron chi connectivity index (χ2n) is 4.18. The van der Waals surface area contributed by atoms with Crippen molar-refractivity contribution in [3.05, 3.63) is 0 Å². The molecule has 4 nitrogen and oxygen atoms in total. The molecule has 0 aromatic rings. The number of aliphatic hydroxyl groups excluding tert-OH is 1. The summed E-state index contributed by atoms with van der Waals surface area (Å²) in [6.45, 7) is 2.67. The van der Waals surface area contributed by atoms with E-state index in [1.165, 1.54) is 0 Å². The first-order valence-electron chi connectivity index (χ1n) is 4.88. The molecule has 1 amide bonds. The lowest BCUT2D eigenvalue weighted by Gasteiger charge is -2.09. The van der Waals surface area contributed by atoms with Crippen LogP contribution >= 0.6 is 0 Å². The summed E-state index contributed by atoms with van der Waals surface area (Å²) in [5.41, 5.74) is 0. The van der Waals surface area contributed by atoms with Gasteiger partial charge in [-0.15, -0.1) is 0 Å². The van der Waals surface area contributed by atoms with E-state index in [4.69, 9.17) is 0 Å². The molecule has 0 bridgehead atoms. The molecule has 4 heteroatoms. The zero-order chi connectivity index (χ0) is 9.42. The van der Waals surface area contributed by atoms with Crippen LogP contribution < -0.4 is 10.6 Å². The first kappa shape index (κ1) is 8.97. The number of rotatable bonds is 2. The van der Waals surface area contributed by atoms with Gasteiger partial charge in [0.25, 0.3) is 0 Å². The summed E-state index contributed by atoms with van der Waals surface area (Å²) in [6, 6.07) is 0.204. The number of nitrogens with one attached hydrogen (secondary N) is 2. The molecule has 74 valence electrons. The molecule has 1 saturated heterocycles. The van der Waals surface area contributed by atoms with E-state index in [1.54, 1.807) is 0 Å². The average Bonchev–Trinajstić information content (AvgIpc) is 2.62. The fourth-order valence-corrected chi connectivity index (χ4v) is 1.72. The van der Waals surface area contributed by atoms with Crippen LogP contribution in [0.1, 0.15) is 19.8 Å². The van der Waals surface area contributed by atoms with Gasteiger partial charge in [0, 0.05) is 12.6 Å². The van der Waals surface area contributed by atoms with Crippen molar-refractivity contribution in [1.29, 1.82) is 0 Å². The maximum atomic E-state index is 11.5. The van der Waals surface area contributed by atoms with Crippen molar-refractivity contribution in [1.82, 2.24) is 10.6 Å². The Balaban J connectivity index is 1.77.